The fourth-order valence-electron chi connectivity index (χ4n) is 0.428. The standard InChI is InChI=1S/C5H10O4S2/c6-1-2-8-5(10)3-4(7)9-11/h5-6,10-11H,1-3H2. The van der Waals surface area contributed by atoms with E-state index in [9.17, 15) is 4.79 Å². The fraction of sp³-hybridized carbons (Fsp3) is 0.800. The van der Waals surface area contributed by atoms with E-state index in [1.54, 1.807) is 0 Å². The Labute approximate surface area is 75.9 Å². The maximum absolute atomic E-state index is 10.5. The lowest BCUT2D eigenvalue weighted by Gasteiger charge is -2.08. The van der Waals surface area contributed by atoms with Crippen LogP contribution in [0.15, 0.2) is 0 Å². The molecule has 0 aromatic rings. The lowest BCUT2D eigenvalue weighted by Crippen LogP contribution is -2.14. The summed E-state index contributed by atoms with van der Waals surface area (Å²) < 4.78 is 8.91. The quantitative estimate of drug-likeness (QED) is 0.331. The van der Waals surface area contributed by atoms with Crippen LogP contribution in [0, 0.1) is 0 Å². The van der Waals surface area contributed by atoms with Gasteiger partial charge in [-0.1, -0.05) is 0 Å². The lowest BCUT2D eigenvalue weighted by atomic mass is 10.5. The third-order valence-electron chi connectivity index (χ3n) is 0.845. The summed E-state index contributed by atoms with van der Waals surface area (Å²) in [6.45, 7) is 0.0704. The number of thiol groups is 2. The Kier molecular flexibility index (Phi) is 6.83. The van der Waals surface area contributed by atoms with Crippen molar-refractivity contribution in [3.8, 4) is 0 Å². The third kappa shape index (κ3) is 6.49. The van der Waals surface area contributed by atoms with Crippen molar-refractivity contribution in [2.45, 2.75) is 11.9 Å². The average Bonchev–Trinajstić information content (AvgIpc) is 2.00. The Morgan fingerprint density at radius 3 is 2.73 bits per heavy atom. The summed E-state index contributed by atoms with van der Waals surface area (Å²) in [6.07, 6.45) is 0.0204. The molecule has 0 saturated heterocycles. The molecular weight excluding hydrogens is 188 g/mol. The van der Waals surface area contributed by atoms with Crippen molar-refractivity contribution in [1.82, 2.24) is 0 Å². The molecule has 0 aromatic carbocycles. The third-order valence-corrected chi connectivity index (χ3v) is 1.38. The molecule has 6 heteroatoms. The van der Waals surface area contributed by atoms with E-state index in [1.807, 2.05) is 0 Å². The molecule has 0 aliphatic heterocycles. The second kappa shape index (κ2) is 6.78. The first-order chi connectivity index (χ1) is 5.20. The Balaban J connectivity index is 3.35. The van der Waals surface area contributed by atoms with Crippen LogP contribution in [-0.4, -0.2) is 29.7 Å². The van der Waals surface area contributed by atoms with Gasteiger partial charge in [0.05, 0.1) is 19.6 Å². The van der Waals surface area contributed by atoms with Gasteiger partial charge in [-0.25, -0.2) is 0 Å². The molecule has 0 amide bonds. The van der Waals surface area contributed by atoms with Gasteiger partial charge in [0.25, 0.3) is 0 Å². The van der Waals surface area contributed by atoms with Crippen LogP contribution in [0.3, 0.4) is 0 Å². The predicted octanol–water partition coefficient (Wildman–Crippen LogP) is 0.0293. The zero-order chi connectivity index (χ0) is 8.69. The molecule has 0 bridgehead atoms. The van der Waals surface area contributed by atoms with Crippen LogP contribution in [-0.2, 0) is 13.7 Å². The van der Waals surface area contributed by atoms with E-state index in [-0.39, 0.29) is 19.6 Å². The molecule has 66 valence electrons. The summed E-state index contributed by atoms with van der Waals surface area (Å²) in [6, 6.07) is 0. The second-order valence-electron chi connectivity index (χ2n) is 1.72. The molecular formula is C5H10O4S2. The Morgan fingerprint density at radius 2 is 2.27 bits per heavy atom. The van der Waals surface area contributed by atoms with E-state index in [0.717, 1.165) is 0 Å². The lowest BCUT2D eigenvalue weighted by molar-refractivity contribution is -0.134. The van der Waals surface area contributed by atoms with Gasteiger partial charge in [0.2, 0.25) is 0 Å². The first-order valence-corrected chi connectivity index (χ1v) is 3.83. The van der Waals surface area contributed by atoms with Gasteiger partial charge in [0.1, 0.15) is 5.44 Å². The van der Waals surface area contributed by atoms with Crippen LogP contribution < -0.4 is 0 Å². The molecule has 0 saturated carbocycles. The van der Waals surface area contributed by atoms with Crippen LogP contribution >= 0.6 is 25.5 Å². The maximum atomic E-state index is 10.5. The molecule has 11 heavy (non-hydrogen) atoms. The van der Waals surface area contributed by atoms with Crippen molar-refractivity contribution in [3.05, 3.63) is 0 Å². The number of carbonyl (C=O) groups excluding carboxylic acids is 1. The molecule has 1 atom stereocenters. The van der Waals surface area contributed by atoms with Gasteiger partial charge in [-0.3, -0.25) is 4.79 Å². The highest BCUT2D eigenvalue weighted by atomic mass is 32.1. The Bertz CT molecular complexity index is 119. The van der Waals surface area contributed by atoms with E-state index >= 15 is 0 Å². The summed E-state index contributed by atoms with van der Waals surface area (Å²) in [4.78, 5) is 10.5. The van der Waals surface area contributed by atoms with Crippen molar-refractivity contribution in [2.75, 3.05) is 13.2 Å². The van der Waals surface area contributed by atoms with Crippen molar-refractivity contribution in [1.29, 1.82) is 0 Å². The number of aliphatic hydroxyl groups is 1. The number of hydrogen-bond donors (Lipinski definition) is 3. The minimum absolute atomic E-state index is 0.0204. The van der Waals surface area contributed by atoms with Crippen LogP contribution in [0.4, 0.5) is 0 Å². The van der Waals surface area contributed by atoms with Crippen molar-refractivity contribution in [2.24, 2.45) is 0 Å². The Morgan fingerprint density at radius 1 is 1.64 bits per heavy atom. The highest BCUT2D eigenvalue weighted by molar-refractivity contribution is 7.80. The SMILES string of the molecule is O=C(CC(S)OCCO)OS. The first kappa shape index (κ1) is 11.1. The van der Waals surface area contributed by atoms with Crippen LogP contribution in [0.25, 0.3) is 0 Å². The molecule has 0 fully saturated rings. The van der Waals surface area contributed by atoms with Crippen LogP contribution in [0.5, 0.6) is 0 Å². The monoisotopic (exact) mass is 198 g/mol. The average molecular weight is 198 g/mol. The number of rotatable bonds is 5. The van der Waals surface area contributed by atoms with Gasteiger partial charge in [-0.05, 0) is 0 Å². The summed E-state index contributed by atoms with van der Waals surface area (Å²) in [5.41, 5.74) is -0.540. The molecule has 0 radical (unpaired) electrons. The van der Waals surface area contributed by atoms with Crippen molar-refractivity contribution < 1.29 is 18.8 Å². The van der Waals surface area contributed by atoms with E-state index in [2.05, 4.69) is 29.7 Å². The molecule has 0 spiro atoms. The number of ether oxygens (including phenoxy) is 1. The maximum Gasteiger partial charge on any atom is 0.321 e. The van der Waals surface area contributed by atoms with Gasteiger partial charge < -0.3 is 14.0 Å². The molecule has 1 N–H and O–H groups in total. The second-order valence-corrected chi connectivity index (χ2v) is 2.48. The van der Waals surface area contributed by atoms with Gasteiger partial charge in [0, 0.05) is 12.9 Å². The molecule has 0 rings (SSSR count). The van der Waals surface area contributed by atoms with Gasteiger partial charge in [0.15, 0.2) is 0 Å². The van der Waals surface area contributed by atoms with Gasteiger partial charge in [-0.2, -0.15) is 0 Å². The molecule has 0 aliphatic carbocycles. The topological polar surface area (TPSA) is 55.8 Å². The van der Waals surface area contributed by atoms with E-state index in [1.165, 1.54) is 0 Å². The number of hydrogen-bond acceptors (Lipinski definition) is 6. The normalized spacial score (nSPS) is 12.6. The van der Waals surface area contributed by atoms with Crippen LogP contribution in [0.1, 0.15) is 6.42 Å². The van der Waals surface area contributed by atoms with Crippen molar-refractivity contribution >= 4 is 31.5 Å². The van der Waals surface area contributed by atoms with Gasteiger partial charge >= 0.3 is 5.97 Å². The van der Waals surface area contributed by atoms with E-state index in [4.69, 9.17) is 9.84 Å². The van der Waals surface area contributed by atoms with E-state index < -0.39 is 11.4 Å². The highest BCUT2D eigenvalue weighted by Crippen LogP contribution is 2.04. The minimum atomic E-state index is -0.540. The van der Waals surface area contributed by atoms with Crippen LogP contribution in [0.2, 0.25) is 0 Å². The van der Waals surface area contributed by atoms with Gasteiger partial charge in [-0.15, -0.1) is 12.6 Å². The molecule has 1 unspecified atom stereocenters. The number of aliphatic hydroxyl groups excluding tert-OH is 1. The summed E-state index contributed by atoms with van der Waals surface area (Å²) >= 11 is 7.18. The predicted molar refractivity (Wildman–Crippen MR) is 45.5 cm³/mol. The van der Waals surface area contributed by atoms with Crippen molar-refractivity contribution in [3.63, 3.8) is 0 Å². The molecule has 0 aromatic heterocycles. The first-order valence-electron chi connectivity index (χ1n) is 2.95. The summed E-state index contributed by atoms with van der Waals surface area (Å²) in [5.74, 6) is -0.508. The molecule has 4 nitrogen and oxygen atoms in total. The zero-order valence-corrected chi connectivity index (χ0v) is 7.55. The molecule has 0 heterocycles. The fourth-order valence-corrected chi connectivity index (χ4v) is 0.757. The highest BCUT2D eigenvalue weighted by Gasteiger charge is 2.09. The number of carbonyl (C=O) groups is 1. The zero-order valence-electron chi connectivity index (χ0n) is 5.77. The smallest absolute Gasteiger partial charge is 0.321 e. The summed E-state index contributed by atoms with van der Waals surface area (Å²) in [5, 5.41) is 8.32. The summed E-state index contributed by atoms with van der Waals surface area (Å²) in [7, 11) is 0. The minimum Gasteiger partial charge on any atom is -0.395 e. The Hall–Kier alpha value is 0.0900. The van der Waals surface area contributed by atoms with E-state index in [0.29, 0.717) is 0 Å². The molecule has 0 aliphatic rings. The largest absolute Gasteiger partial charge is 0.395 e.